The van der Waals surface area contributed by atoms with Crippen LogP contribution in [0.15, 0.2) is 30.9 Å². The van der Waals surface area contributed by atoms with Gasteiger partial charge in [0.15, 0.2) is 29.6 Å². The Morgan fingerprint density at radius 2 is 1.62 bits per heavy atom. The molecule has 21 heteroatoms. The van der Waals surface area contributed by atoms with Gasteiger partial charge in [0.25, 0.3) is 0 Å². The van der Waals surface area contributed by atoms with E-state index in [2.05, 4.69) is 25.2 Å². The molecule has 4 N–H and O–H groups in total. The molecule has 4 fully saturated rings. The number of esters is 2. The van der Waals surface area contributed by atoms with Gasteiger partial charge >= 0.3 is 11.9 Å². The molecule has 0 aliphatic carbocycles. The average molecular weight is 1060 g/mol. The van der Waals surface area contributed by atoms with Crippen molar-refractivity contribution in [2.24, 2.45) is 29.6 Å². The molecule has 4 aliphatic heterocycles. The zero-order chi connectivity index (χ0) is 54.0. The number of nitrogens with two attached hydrogens (primary N) is 1. The molecule has 0 amide bonds. The van der Waals surface area contributed by atoms with E-state index in [0.29, 0.717) is 42.4 Å². The number of hydrogen-bond donors (Lipinski definition) is 3. The third-order valence-electron chi connectivity index (χ3n) is 16.5. The predicted octanol–water partition coefficient (Wildman–Crippen LogP) is 5.82. The Morgan fingerprint density at radius 1 is 0.919 bits per heavy atom. The number of aliphatic hydroxyl groups excluding tert-OH is 1. The molecule has 7 heterocycles. The Labute approximate surface area is 440 Å². The van der Waals surface area contributed by atoms with Crippen molar-refractivity contribution < 1.29 is 57.4 Å². The molecule has 20 nitrogen and oxygen atoms in total. The monoisotopic (exact) mass is 1050 g/mol. The summed E-state index contributed by atoms with van der Waals surface area (Å²) in [5, 5.41) is 13.6. The second-order valence-corrected chi connectivity index (χ2v) is 23.3. The fourth-order valence-electron chi connectivity index (χ4n) is 12.0. The van der Waals surface area contributed by atoms with Crippen molar-refractivity contribution >= 4 is 52.4 Å². The van der Waals surface area contributed by atoms with Crippen LogP contribution in [0.4, 0.5) is 11.8 Å². The zero-order valence-corrected chi connectivity index (χ0v) is 46.6. The van der Waals surface area contributed by atoms with Crippen molar-refractivity contribution in [1.29, 1.82) is 0 Å². The number of aromatic nitrogens is 5. The summed E-state index contributed by atoms with van der Waals surface area (Å²) in [7, 11) is 7.22. The summed E-state index contributed by atoms with van der Waals surface area (Å²) in [6, 6.07) is 3.95. The highest BCUT2D eigenvalue weighted by Gasteiger charge is 2.62. The number of thioether (sulfide) groups is 1. The van der Waals surface area contributed by atoms with Gasteiger partial charge in [0.2, 0.25) is 5.95 Å². The number of ether oxygens (including phenoxy) is 8. The number of imidazole rings is 1. The lowest BCUT2D eigenvalue weighted by Gasteiger charge is -2.49. The number of nitrogens with zero attached hydrogens (tertiary/aromatic N) is 6. The molecular weight excluding hydrogens is 973 g/mol. The lowest BCUT2D eigenvalue weighted by molar-refractivity contribution is -0.309. The number of nitrogen functional groups attached to an aromatic ring is 1. The van der Waals surface area contributed by atoms with E-state index >= 15 is 9.59 Å². The molecule has 4 saturated heterocycles. The predicted molar refractivity (Wildman–Crippen MR) is 279 cm³/mol. The second-order valence-electron chi connectivity index (χ2n) is 22.0. The summed E-state index contributed by atoms with van der Waals surface area (Å²) < 4.78 is 54.2. The lowest BCUT2D eigenvalue weighted by Crippen LogP contribution is -2.59. The highest BCUT2D eigenvalue weighted by atomic mass is 32.2. The molecule has 0 radical (unpaired) electrons. The Balaban J connectivity index is 1.22. The molecule has 3 aromatic heterocycles. The van der Waals surface area contributed by atoms with Gasteiger partial charge in [0, 0.05) is 88.0 Å². The van der Waals surface area contributed by atoms with E-state index in [9.17, 15) is 9.90 Å². The number of hydrogen-bond acceptors (Lipinski definition) is 20. The van der Waals surface area contributed by atoms with E-state index in [1.807, 2.05) is 72.3 Å². The molecule has 18 atom stereocenters. The number of cyclic esters (lactones) is 1. The number of carbonyl (C=O) groups is 3. The highest BCUT2D eigenvalue weighted by Crippen LogP contribution is 2.49. The summed E-state index contributed by atoms with van der Waals surface area (Å²) in [4.78, 5) is 64.7. The van der Waals surface area contributed by atoms with Crippen LogP contribution in [0.1, 0.15) is 107 Å². The number of aryl methyl sites for hydroxylation is 1. The molecule has 3 aromatic rings. The first-order valence-corrected chi connectivity index (χ1v) is 27.3. The lowest BCUT2D eigenvalue weighted by atomic mass is 9.70. The maximum Gasteiger partial charge on any atom is 0.320 e. The third-order valence-corrected chi connectivity index (χ3v) is 17.8. The number of carbonyl (C=O) groups excluding carboxylic acids is 3. The van der Waals surface area contributed by atoms with Gasteiger partial charge in [-0.25, -0.2) is 4.98 Å². The maximum absolute atomic E-state index is 15.3. The molecule has 7 rings (SSSR count). The Bertz CT molecular complexity index is 2400. The van der Waals surface area contributed by atoms with Crippen LogP contribution in [0.25, 0.3) is 11.2 Å². The molecule has 4 aliphatic rings. The Hall–Kier alpha value is -4.06. The first kappa shape index (κ1) is 57.6. The third kappa shape index (κ3) is 12.1. The number of nitrogens with one attached hydrogen (secondary N) is 1. The fraction of sp³-hybridized carbons (Fsp3) is 0.755. The topological polar surface area (TPSA) is 243 Å². The Morgan fingerprint density at radius 3 is 2.28 bits per heavy atom. The van der Waals surface area contributed by atoms with Crippen LogP contribution in [-0.4, -0.2) is 164 Å². The van der Waals surface area contributed by atoms with Crippen LogP contribution < -0.4 is 11.1 Å². The van der Waals surface area contributed by atoms with E-state index in [4.69, 9.17) is 48.6 Å². The van der Waals surface area contributed by atoms with Crippen LogP contribution in [0.2, 0.25) is 0 Å². The van der Waals surface area contributed by atoms with E-state index in [1.165, 1.54) is 18.9 Å². The number of methoxy groups -OCH3 is 2. The Kier molecular flexibility index (Phi) is 18.4. The van der Waals surface area contributed by atoms with Crippen molar-refractivity contribution in [1.82, 2.24) is 29.4 Å². The fourth-order valence-corrected chi connectivity index (χ4v) is 13.5. The second kappa shape index (κ2) is 23.7. The van der Waals surface area contributed by atoms with Crippen LogP contribution >= 0.6 is 11.8 Å². The smallest absolute Gasteiger partial charge is 0.320 e. The molecular formula is C53H82N8O12S. The van der Waals surface area contributed by atoms with Gasteiger partial charge in [-0.1, -0.05) is 27.7 Å². The van der Waals surface area contributed by atoms with Crippen molar-refractivity contribution in [3.05, 3.63) is 36.4 Å². The highest BCUT2D eigenvalue weighted by molar-refractivity contribution is 8.00. The summed E-state index contributed by atoms with van der Waals surface area (Å²) in [5.41, 5.74) is 4.72. The first-order valence-electron chi connectivity index (χ1n) is 26.2. The van der Waals surface area contributed by atoms with E-state index < -0.39 is 107 Å². The summed E-state index contributed by atoms with van der Waals surface area (Å²) in [6.07, 6.45) is 1.06. The van der Waals surface area contributed by atoms with Crippen molar-refractivity contribution in [3.63, 3.8) is 0 Å². The van der Waals surface area contributed by atoms with Gasteiger partial charge in [-0.2, -0.15) is 9.97 Å². The number of Topliss-reactive ketones (excluding diaryl/α,β-unsaturated/α-hetero) is 1. The first-order chi connectivity index (χ1) is 35.0. The standard InChI is InChI=1S/C53H82N8O12S/c1-15-36-53(10)39(43(49(65)73-53)74-21-20-61-27-57-40-46(54)58-50(59-47(40)61)56-26-34-16-18-55-19-17-34)30(4)41(62)28(2)24-52(9,67-14)45(72-37-23-35(60(11)12)22-29(3)68-37)31(5)42(32(6)48(64)70-36)71-38-25-51(8,66-13)44(63)33(7)69-38/h16-19,27-33,35-39,42-45,63H,15,20-26H2,1-14H3,(H3,54,56,58,59)/t28-,29?,30?,31+,32?,33?,35?,36-,37?,38?,39?,42+,43?,44+,45-,51?,52?,53-/m1/s1. The number of fused-ring (bicyclic) bond motifs is 2. The van der Waals surface area contributed by atoms with Crippen molar-refractivity contribution in [2.75, 3.05) is 45.1 Å². The van der Waals surface area contributed by atoms with Crippen LogP contribution in [-0.2, 0) is 65.4 Å². The van der Waals surface area contributed by atoms with Gasteiger partial charge in [-0.3, -0.25) is 19.4 Å². The van der Waals surface area contributed by atoms with Crippen LogP contribution in [0.5, 0.6) is 0 Å². The van der Waals surface area contributed by atoms with Gasteiger partial charge in [-0.15, -0.1) is 11.8 Å². The molecule has 74 heavy (non-hydrogen) atoms. The largest absolute Gasteiger partial charge is 0.458 e. The van der Waals surface area contributed by atoms with Crippen molar-refractivity contribution in [3.8, 4) is 0 Å². The number of anilines is 2. The minimum atomic E-state index is -1.41. The number of ketones is 1. The van der Waals surface area contributed by atoms with E-state index in [-0.39, 0.29) is 43.0 Å². The van der Waals surface area contributed by atoms with E-state index in [0.717, 1.165) is 12.0 Å². The average Bonchev–Trinajstić information content (AvgIpc) is 3.90. The number of rotatable bonds is 15. The maximum atomic E-state index is 15.3. The zero-order valence-electron chi connectivity index (χ0n) is 45.8. The molecule has 0 spiro atoms. The molecule has 412 valence electrons. The summed E-state index contributed by atoms with van der Waals surface area (Å²) in [6.45, 7) is 19.5. The van der Waals surface area contributed by atoms with Crippen molar-refractivity contribution in [2.45, 2.75) is 192 Å². The molecule has 0 bridgehead atoms. The quantitative estimate of drug-likeness (QED) is 0.152. The molecule has 0 aromatic carbocycles. The minimum Gasteiger partial charge on any atom is -0.458 e. The summed E-state index contributed by atoms with van der Waals surface area (Å²) in [5.74, 6) is -3.89. The number of aliphatic hydroxyl groups is 1. The van der Waals surface area contributed by atoms with E-state index in [1.54, 1.807) is 53.5 Å². The normalized spacial score (nSPS) is 38.6. The van der Waals surface area contributed by atoms with Gasteiger partial charge in [0.05, 0.1) is 47.9 Å². The van der Waals surface area contributed by atoms with Crippen LogP contribution in [0, 0.1) is 29.6 Å². The van der Waals surface area contributed by atoms with Gasteiger partial charge in [-0.05, 0) is 92.6 Å². The molecule has 11 unspecified atom stereocenters. The summed E-state index contributed by atoms with van der Waals surface area (Å²) >= 11 is 1.38. The number of pyridine rings is 1. The van der Waals surface area contributed by atoms with Gasteiger partial charge < -0.3 is 63.5 Å². The minimum absolute atomic E-state index is 0.101. The molecule has 0 saturated carbocycles. The SMILES string of the molecule is CC[C@H]1OC(=O)C(C)[C@@H](OC2CC(C)(OC)[C@@H](O)C(C)O2)[C@H](C)[C@@H](OC2CC(N(C)C)CC(C)O2)C(C)(OC)C[C@@H](C)C(=O)C(C)C2C(SCCn3cnc4c(N)nc(NCc5ccncc5)nc43)C(=O)O[C@@]21C. The van der Waals surface area contributed by atoms with Gasteiger partial charge in [0.1, 0.15) is 28.8 Å². The van der Waals surface area contributed by atoms with Crippen LogP contribution in [0.3, 0.4) is 0 Å².